The van der Waals surface area contributed by atoms with Gasteiger partial charge in [0.1, 0.15) is 18.9 Å². The molecule has 7 nitrogen and oxygen atoms in total. The highest BCUT2D eigenvalue weighted by molar-refractivity contribution is 6.27. The number of aliphatic hydroxyl groups excluding tert-OH is 2. The van der Waals surface area contributed by atoms with Crippen molar-refractivity contribution in [1.29, 1.82) is 0 Å². The third-order valence-corrected chi connectivity index (χ3v) is 4.12. The molecular formula is C14H16ClFN2O5. The fourth-order valence-corrected chi connectivity index (χ4v) is 2.89. The molecule has 5 atom stereocenters. The van der Waals surface area contributed by atoms with E-state index in [1.54, 1.807) is 0 Å². The van der Waals surface area contributed by atoms with Gasteiger partial charge in [0.25, 0.3) is 5.56 Å². The summed E-state index contributed by atoms with van der Waals surface area (Å²) in [4.78, 5) is 23.6. The second-order valence-electron chi connectivity index (χ2n) is 5.29. The maximum atomic E-state index is 12.4. The first-order valence-corrected chi connectivity index (χ1v) is 7.19. The van der Waals surface area contributed by atoms with Crippen LogP contribution in [0.1, 0.15) is 18.8 Å². The van der Waals surface area contributed by atoms with E-state index in [0.717, 1.165) is 10.6 Å². The van der Waals surface area contributed by atoms with Crippen molar-refractivity contribution < 1.29 is 19.3 Å². The first-order valence-electron chi connectivity index (χ1n) is 6.81. The van der Waals surface area contributed by atoms with E-state index in [1.807, 2.05) is 0 Å². The number of aromatic amines is 1. The molecule has 1 saturated heterocycles. The normalized spacial score (nSPS) is 31.5. The van der Waals surface area contributed by atoms with Gasteiger partial charge in [0.15, 0.2) is 11.1 Å². The molecule has 1 aromatic rings. The number of halogens is 2. The van der Waals surface area contributed by atoms with E-state index < -0.39 is 47.3 Å². The molecule has 1 fully saturated rings. The number of nitrogens with one attached hydrogen (secondary N) is 1. The van der Waals surface area contributed by atoms with E-state index in [9.17, 15) is 24.2 Å². The molecule has 3 N–H and O–H groups in total. The summed E-state index contributed by atoms with van der Waals surface area (Å²) in [5.74, 6) is 4.48. The Balaban J connectivity index is 2.63. The minimum absolute atomic E-state index is 0.217. The van der Waals surface area contributed by atoms with E-state index in [-0.39, 0.29) is 5.69 Å². The van der Waals surface area contributed by atoms with E-state index in [4.69, 9.17) is 16.3 Å². The van der Waals surface area contributed by atoms with Crippen molar-refractivity contribution in [3.63, 3.8) is 0 Å². The van der Waals surface area contributed by atoms with Gasteiger partial charge in [0.2, 0.25) is 0 Å². The highest BCUT2D eigenvalue weighted by Crippen LogP contribution is 2.43. The Bertz CT molecular complexity index is 765. The number of nitrogens with zero attached hydrogens (tertiary/aromatic N) is 1. The predicted molar refractivity (Wildman–Crippen MR) is 80.0 cm³/mol. The van der Waals surface area contributed by atoms with Crippen LogP contribution in [0.2, 0.25) is 0 Å². The lowest BCUT2D eigenvalue weighted by molar-refractivity contribution is -0.0778. The van der Waals surface area contributed by atoms with Crippen LogP contribution in [0.4, 0.5) is 4.39 Å². The number of hydrogen-bond acceptors (Lipinski definition) is 5. The molecule has 23 heavy (non-hydrogen) atoms. The Morgan fingerprint density at radius 3 is 2.78 bits per heavy atom. The smallest absolute Gasteiger partial charge is 0.330 e. The Kier molecular flexibility index (Phi) is 4.96. The summed E-state index contributed by atoms with van der Waals surface area (Å²) in [5.41, 5.74) is -1.20. The zero-order valence-corrected chi connectivity index (χ0v) is 13.2. The van der Waals surface area contributed by atoms with Gasteiger partial charge < -0.3 is 14.9 Å². The van der Waals surface area contributed by atoms with Gasteiger partial charge in [-0.05, 0) is 13.8 Å². The van der Waals surface area contributed by atoms with Crippen LogP contribution >= 0.6 is 11.6 Å². The van der Waals surface area contributed by atoms with Crippen LogP contribution in [-0.4, -0.2) is 49.6 Å². The third kappa shape index (κ3) is 3.05. The van der Waals surface area contributed by atoms with Crippen molar-refractivity contribution in [1.82, 2.24) is 9.55 Å². The second-order valence-corrected chi connectivity index (χ2v) is 5.92. The van der Waals surface area contributed by atoms with Crippen LogP contribution in [0.5, 0.6) is 0 Å². The molecule has 1 aliphatic rings. The zero-order chi connectivity index (χ0) is 17.4. The first kappa shape index (κ1) is 17.7. The Morgan fingerprint density at radius 1 is 1.61 bits per heavy atom. The monoisotopic (exact) mass is 346 g/mol. The number of H-pyrrole nitrogens is 1. The quantitative estimate of drug-likeness (QED) is 0.491. The lowest BCUT2D eigenvalue weighted by Gasteiger charge is -2.26. The minimum Gasteiger partial charge on any atom is -0.391 e. The molecule has 2 heterocycles. The van der Waals surface area contributed by atoms with Crippen molar-refractivity contribution in [3.05, 3.63) is 32.6 Å². The third-order valence-electron chi connectivity index (χ3n) is 3.61. The van der Waals surface area contributed by atoms with Crippen molar-refractivity contribution in [2.75, 3.05) is 6.67 Å². The number of hydrogen-bond donors (Lipinski definition) is 3. The molecule has 0 spiro atoms. The maximum absolute atomic E-state index is 12.4. The Hall–Kier alpha value is -1.66. The van der Waals surface area contributed by atoms with Crippen LogP contribution in [0.3, 0.4) is 0 Å². The van der Waals surface area contributed by atoms with E-state index in [1.165, 1.54) is 13.8 Å². The summed E-state index contributed by atoms with van der Waals surface area (Å²) in [6.07, 6.45) is -5.04. The molecule has 0 saturated carbocycles. The largest absolute Gasteiger partial charge is 0.391 e. The average Bonchev–Trinajstić information content (AvgIpc) is 2.70. The van der Waals surface area contributed by atoms with E-state index >= 15 is 0 Å². The number of aliphatic hydroxyl groups is 2. The second kappa shape index (κ2) is 6.45. The summed E-state index contributed by atoms with van der Waals surface area (Å²) < 4.78 is 18.9. The van der Waals surface area contributed by atoms with Crippen molar-refractivity contribution in [3.8, 4) is 11.8 Å². The van der Waals surface area contributed by atoms with Gasteiger partial charge in [0, 0.05) is 11.8 Å². The standard InChI is InChI=1S/C14H16ClFN2O5/c1-7-6-9(20)17-13(22)18(7)12-14(15,4-3-5-16)11(21)10(23-12)8(2)19/h6,8,10-12,19,21H,5H2,1-2H3,(H,17,20,22)/t8-,10?,11?,12-,14-/m1/s1. The predicted octanol–water partition coefficient (Wildman–Crippen LogP) is -0.565. The van der Waals surface area contributed by atoms with Crippen molar-refractivity contribution in [2.24, 2.45) is 0 Å². The lowest BCUT2D eigenvalue weighted by Crippen LogP contribution is -2.45. The molecule has 1 aliphatic heterocycles. The number of aryl methyl sites for hydroxylation is 1. The van der Waals surface area contributed by atoms with Gasteiger partial charge in [-0.1, -0.05) is 23.4 Å². The van der Waals surface area contributed by atoms with E-state index in [0.29, 0.717) is 0 Å². The van der Waals surface area contributed by atoms with Crippen LogP contribution in [-0.2, 0) is 4.74 Å². The molecule has 2 rings (SSSR count). The molecule has 0 radical (unpaired) electrons. The summed E-state index contributed by atoms with van der Waals surface area (Å²) in [7, 11) is 0. The van der Waals surface area contributed by atoms with Crippen LogP contribution in [0, 0.1) is 18.8 Å². The Morgan fingerprint density at radius 2 is 2.26 bits per heavy atom. The molecule has 0 amide bonds. The summed E-state index contributed by atoms with van der Waals surface area (Å²) in [5, 5.41) is 20.1. The molecule has 1 aromatic heterocycles. The molecule has 0 aromatic carbocycles. The van der Waals surface area contributed by atoms with Gasteiger partial charge in [-0.2, -0.15) is 0 Å². The van der Waals surface area contributed by atoms with Gasteiger partial charge in [-0.25, -0.2) is 9.18 Å². The molecule has 126 valence electrons. The average molecular weight is 347 g/mol. The number of aromatic nitrogens is 2. The van der Waals surface area contributed by atoms with Crippen molar-refractivity contribution >= 4 is 11.6 Å². The lowest BCUT2D eigenvalue weighted by atomic mass is 9.96. The summed E-state index contributed by atoms with van der Waals surface area (Å²) in [6.45, 7) is 1.84. The molecule has 0 aliphatic carbocycles. The highest BCUT2D eigenvalue weighted by Gasteiger charge is 2.57. The first-order chi connectivity index (χ1) is 10.7. The number of alkyl halides is 2. The summed E-state index contributed by atoms with van der Waals surface area (Å²) in [6, 6.07) is 1.15. The van der Waals surface area contributed by atoms with Crippen LogP contribution < -0.4 is 11.2 Å². The van der Waals surface area contributed by atoms with E-state index in [2.05, 4.69) is 16.8 Å². The van der Waals surface area contributed by atoms with Gasteiger partial charge >= 0.3 is 5.69 Å². The molecule has 0 bridgehead atoms. The highest BCUT2D eigenvalue weighted by atomic mass is 35.5. The van der Waals surface area contributed by atoms with Gasteiger partial charge in [0.05, 0.1) is 6.10 Å². The maximum Gasteiger partial charge on any atom is 0.330 e. The molecular weight excluding hydrogens is 331 g/mol. The summed E-state index contributed by atoms with van der Waals surface area (Å²) >= 11 is 6.34. The number of rotatable bonds is 2. The van der Waals surface area contributed by atoms with Crippen molar-refractivity contribution in [2.45, 2.75) is 43.3 Å². The minimum atomic E-state index is -1.86. The topological polar surface area (TPSA) is 105 Å². The fraction of sp³-hybridized carbons (Fsp3) is 0.571. The molecule has 2 unspecified atom stereocenters. The zero-order valence-electron chi connectivity index (χ0n) is 12.4. The molecule has 9 heteroatoms. The number of ether oxygens (including phenoxy) is 1. The van der Waals surface area contributed by atoms with Gasteiger partial charge in [-0.3, -0.25) is 14.3 Å². The van der Waals surface area contributed by atoms with Crippen LogP contribution in [0.15, 0.2) is 15.7 Å². The fourth-order valence-electron chi connectivity index (χ4n) is 2.55. The van der Waals surface area contributed by atoms with Crippen LogP contribution in [0.25, 0.3) is 0 Å². The van der Waals surface area contributed by atoms with Gasteiger partial charge in [-0.15, -0.1) is 0 Å². The Labute approximate surface area is 135 Å². The SMILES string of the molecule is Cc1cc(=O)[nH]c(=O)n1[C@@H]1OC([C@@H](C)O)C(O)[C@]1(Cl)C#CCF.